The smallest absolute Gasteiger partial charge is 0.107 e. The third-order valence-corrected chi connectivity index (χ3v) is 2.62. The summed E-state index contributed by atoms with van der Waals surface area (Å²) in [4.78, 5) is 8.37. The highest BCUT2D eigenvalue weighted by Gasteiger charge is 2.01. The number of hydrogen-bond donors (Lipinski definition) is 0. The van der Waals surface area contributed by atoms with Crippen molar-refractivity contribution in [3.05, 3.63) is 60.7 Å². The molecule has 2 aromatic heterocycles. The van der Waals surface area contributed by atoms with Crippen LogP contribution in [-0.2, 0) is 6.54 Å². The molecule has 3 heteroatoms. The van der Waals surface area contributed by atoms with Crippen molar-refractivity contribution in [2.75, 3.05) is 0 Å². The fourth-order valence-electron chi connectivity index (χ4n) is 1.82. The Hall–Kier alpha value is -2.16. The molecule has 2 heterocycles. The first-order valence-corrected chi connectivity index (χ1v) is 5.22. The predicted molar refractivity (Wildman–Crippen MR) is 63.1 cm³/mol. The van der Waals surface area contributed by atoms with Crippen LogP contribution in [-0.4, -0.2) is 14.5 Å². The SMILES string of the molecule is c1ccc(Cn2cnc3cnccc32)cc1. The summed E-state index contributed by atoms with van der Waals surface area (Å²) in [6.45, 7) is 0.849. The van der Waals surface area contributed by atoms with Crippen molar-refractivity contribution in [2.24, 2.45) is 0 Å². The molecule has 0 N–H and O–H groups in total. The van der Waals surface area contributed by atoms with E-state index in [1.165, 1.54) is 5.56 Å². The minimum Gasteiger partial charge on any atom is -0.326 e. The van der Waals surface area contributed by atoms with Crippen molar-refractivity contribution in [2.45, 2.75) is 6.54 Å². The molecule has 3 nitrogen and oxygen atoms in total. The van der Waals surface area contributed by atoms with Crippen LogP contribution in [0.15, 0.2) is 55.1 Å². The summed E-state index contributed by atoms with van der Waals surface area (Å²) in [5.74, 6) is 0. The Morgan fingerprint density at radius 3 is 2.81 bits per heavy atom. The summed E-state index contributed by atoms with van der Waals surface area (Å²) >= 11 is 0. The molecule has 3 aromatic rings. The molecule has 0 fully saturated rings. The summed E-state index contributed by atoms with van der Waals surface area (Å²) < 4.78 is 2.13. The summed E-state index contributed by atoms with van der Waals surface area (Å²) in [7, 11) is 0. The van der Waals surface area contributed by atoms with E-state index >= 15 is 0 Å². The molecule has 0 spiro atoms. The van der Waals surface area contributed by atoms with Gasteiger partial charge >= 0.3 is 0 Å². The van der Waals surface area contributed by atoms with Crippen molar-refractivity contribution in [1.29, 1.82) is 0 Å². The van der Waals surface area contributed by atoms with Gasteiger partial charge in [-0.3, -0.25) is 4.98 Å². The van der Waals surface area contributed by atoms with E-state index in [0.29, 0.717) is 0 Å². The molecule has 0 aliphatic rings. The van der Waals surface area contributed by atoms with Crippen LogP contribution in [0.1, 0.15) is 5.56 Å². The van der Waals surface area contributed by atoms with Gasteiger partial charge in [0.15, 0.2) is 0 Å². The Morgan fingerprint density at radius 1 is 1.06 bits per heavy atom. The summed E-state index contributed by atoms with van der Waals surface area (Å²) in [6.07, 6.45) is 5.45. The fraction of sp³-hybridized carbons (Fsp3) is 0.0769. The number of benzene rings is 1. The maximum Gasteiger partial charge on any atom is 0.107 e. The van der Waals surface area contributed by atoms with E-state index in [2.05, 4.69) is 38.8 Å². The molecular weight excluding hydrogens is 198 g/mol. The first kappa shape index (κ1) is 9.09. The van der Waals surface area contributed by atoms with Crippen LogP contribution < -0.4 is 0 Å². The van der Waals surface area contributed by atoms with Gasteiger partial charge in [-0.15, -0.1) is 0 Å². The van der Waals surface area contributed by atoms with Gasteiger partial charge in [-0.05, 0) is 11.6 Å². The third kappa shape index (κ3) is 1.56. The number of fused-ring (bicyclic) bond motifs is 1. The van der Waals surface area contributed by atoms with Crippen molar-refractivity contribution < 1.29 is 0 Å². The zero-order chi connectivity index (χ0) is 10.8. The van der Waals surface area contributed by atoms with Crippen LogP contribution in [0.3, 0.4) is 0 Å². The number of nitrogens with zero attached hydrogens (tertiary/aromatic N) is 3. The number of rotatable bonds is 2. The molecule has 16 heavy (non-hydrogen) atoms. The lowest BCUT2D eigenvalue weighted by Crippen LogP contribution is -1.97. The van der Waals surface area contributed by atoms with Gasteiger partial charge in [0.2, 0.25) is 0 Å². The lowest BCUT2D eigenvalue weighted by Gasteiger charge is -2.03. The van der Waals surface area contributed by atoms with Crippen LogP contribution in [0.25, 0.3) is 11.0 Å². The van der Waals surface area contributed by atoms with Crippen LogP contribution >= 0.6 is 0 Å². The fourth-order valence-corrected chi connectivity index (χ4v) is 1.82. The largest absolute Gasteiger partial charge is 0.326 e. The molecule has 0 amide bonds. The van der Waals surface area contributed by atoms with Gasteiger partial charge in [0.1, 0.15) is 5.52 Å². The number of hydrogen-bond acceptors (Lipinski definition) is 2. The lowest BCUT2D eigenvalue weighted by molar-refractivity contribution is 0.824. The Kier molecular flexibility index (Phi) is 2.14. The molecular formula is C13H11N3. The van der Waals surface area contributed by atoms with Gasteiger partial charge in [0, 0.05) is 12.7 Å². The highest BCUT2D eigenvalue weighted by molar-refractivity contribution is 5.73. The molecule has 1 aromatic carbocycles. The van der Waals surface area contributed by atoms with Crippen LogP contribution in [0.4, 0.5) is 0 Å². The van der Waals surface area contributed by atoms with Gasteiger partial charge in [-0.2, -0.15) is 0 Å². The van der Waals surface area contributed by atoms with Gasteiger partial charge in [-0.1, -0.05) is 30.3 Å². The maximum absolute atomic E-state index is 4.32. The van der Waals surface area contributed by atoms with Crippen LogP contribution in [0.2, 0.25) is 0 Å². The second-order valence-corrected chi connectivity index (χ2v) is 3.72. The second-order valence-electron chi connectivity index (χ2n) is 3.72. The highest BCUT2D eigenvalue weighted by atomic mass is 15.0. The Bertz CT molecular complexity index is 599. The Balaban J connectivity index is 2.01. The highest BCUT2D eigenvalue weighted by Crippen LogP contribution is 2.12. The van der Waals surface area contributed by atoms with Gasteiger partial charge < -0.3 is 4.57 Å². The quantitative estimate of drug-likeness (QED) is 0.649. The van der Waals surface area contributed by atoms with E-state index in [-0.39, 0.29) is 0 Å². The first-order chi connectivity index (χ1) is 7.93. The molecule has 0 aliphatic carbocycles. The topological polar surface area (TPSA) is 30.7 Å². The number of aromatic nitrogens is 3. The Morgan fingerprint density at radius 2 is 1.94 bits per heavy atom. The predicted octanol–water partition coefficient (Wildman–Crippen LogP) is 2.48. The molecule has 0 aliphatic heterocycles. The third-order valence-electron chi connectivity index (χ3n) is 2.62. The van der Waals surface area contributed by atoms with Crippen molar-refractivity contribution in [3.8, 4) is 0 Å². The average Bonchev–Trinajstić information content (AvgIpc) is 2.74. The molecule has 0 atom stereocenters. The summed E-state index contributed by atoms with van der Waals surface area (Å²) in [6, 6.07) is 12.4. The molecule has 0 saturated carbocycles. The Labute approximate surface area is 93.4 Å². The van der Waals surface area contributed by atoms with Gasteiger partial charge in [-0.25, -0.2) is 4.98 Å². The van der Waals surface area contributed by atoms with Gasteiger partial charge in [0.05, 0.1) is 18.0 Å². The molecule has 0 bridgehead atoms. The van der Waals surface area contributed by atoms with Gasteiger partial charge in [0.25, 0.3) is 0 Å². The first-order valence-electron chi connectivity index (χ1n) is 5.22. The lowest BCUT2D eigenvalue weighted by atomic mass is 10.2. The van der Waals surface area contributed by atoms with Crippen LogP contribution in [0.5, 0.6) is 0 Å². The zero-order valence-corrected chi connectivity index (χ0v) is 8.74. The molecule has 3 rings (SSSR count). The number of imidazole rings is 1. The maximum atomic E-state index is 4.32. The molecule has 0 unspecified atom stereocenters. The molecule has 0 radical (unpaired) electrons. The van der Waals surface area contributed by atoms with E-state index in [1.54, 1.807) is 12.4 Å². The van der Waals surface area contributed by atoms with Crippen molar-refractivity contribution in [3.63, 3.8) is 0 Å². The monoisotopic (exact) mass is 209 g/mol. The minimum absolute atomic E-state index is 0.849. The zero-order valence-electron chi connectivity index (χ0n) is 8.74. The number of pyridine rings is 1. The van der Waals surface area contributed by atoms with Crippen molar-refractivity contribution >= 4 is 11.0 Å². The van der Waals surface area contributed by atoms with Crippen LogP contribution in [0, 0.1) is 0 Å². The van der Waals surface area contributed by atoms with E-state index < -0.39 is 0 Å². The second kappa shape index (κ2) is 3.77. The average molecular weight is 209 g/mol. The summed E-state index contributed by atoms with van der Waals surface area (Å²) in [5.41, 5.74) is 3.34. The van der Waals surface area contributed by atoms with Crippen molar-refractivity contribution in [1.82, 2.24) is 14.5 Å². The molecule has 78 valence electrons. The van der Waals surface area contributed by atoms with E-state index in [1.807, 2.05) is 18.5 Å². The van der Waals surface area contributed by atoms with E-state index in [0.717, 1.165) is 17.6 Å². The minimum atomic E-state index is 0.849. The standard InChI is InChI=1S/C13H11N3/c1-2-4-11(5-3-1)9-16-10-15-12-8-14-7-6-13(12)16/h1-8,10H,9H2. The summed E-state index contributed by atoms with van der Waals surface area (Å²) in [5, 5.41) is 0. The molecule has 0 saturated heterocycles. The van der Waals surface area contributed by atoms with E-state index in [9.17, 15) is 0 Å². The van der Waals surface area contributed by atoms with E-state index in [4.69, 9.17) is 0 Å². The normalized spacial score (nSPS) is 10.8.